The summed E-state index contributed by atoms with van der Waals surface area (Å²) in [6, 6.07) is 25.6. The zero-order chi connectivity index (χ0) is 30.8. The Labute approximate surface area is 263 Å². The number of carbonyl (C=O) groups is 3. The maximum absolute atomic E-state index is 13.4. The molecule has 0 saturated heterocycles. The maximum atomic E-state index is 13.4. The number of carbonyl (C=O) groups excluding carboxylic acids is 3. The van der Waals surface area contributed by atoms with Crippen molar-refractivity contribution in [2.24, 2.45) is 0 Å². The van der Waals surface area contributed by atoms with Gasteiger partial charge in [0.15, 0.2) is 0 Å². The van der Waals surface area contributed by atoms with E-state index in [0.717, 1.165) is 4.90 Å². The lowest BCUT2D eigenvalue weighted by Crippen LogP contribution is -2.30. The minimum absolute atomic E-state index is 0.00902. The van der Waals surface area contributed by atoms with Gasteiger partial charge in [-0.2, -0.15) is 0 Å². The van der Waals surface area contributed by atoms with E-state index in [2.05, 4.69) is 16.0 Å². The second-order valence-corrected chi connectivity index (χ2v) is 10.8. The van der Waals surface area contributed by atoms with Crippen LogP contribution in [0.25, 0.3) is 6.08 Å². The molecule has 0 aliphatic rings. The first-order chi connectivity index (χ1) is 20.7. The van der Waals surface area contributed by atoms with Gasteiger partial charge < -0.3 is 25.4 Å². The second kappa shape index (κ2) is 15.2. The predicted molar refractivity (Wildman–Crippen MR) is 172 cm³/mol. The molecule has 0 aromatic heterocycles. The van der Waals surface area contributed by atoms with Gasteiger partial charge in [-0.3, -0.25) is 14.4 Å². The van der Waals surface area contributed by atoms with Crippen molar-refractivity contribution < 1.29 is 23.9 Å². The van der Waals surface area contributed by atoms with E-state index in [1.165, 1.54) is 24.9 Å². The normalized spacial score (nSPS) is 10.9. The molecule has 3 amide bonds. The summed E-state index contributed by atoms with van der Waals surface area (Å²) in [5.74, 6) is 0.0116. The van der Waals surface area contributed by atoms with Crippen LogP contribution in [0, 0.1) is 0 Å². The predicted octanol–water partition coefficient (Wildman–Crippen LogP) is 7.15. The molecule has 3 N–H and O–H groups in total. The quantitative estimate of drug-likeness (QED) is 0.119. The molecule has 4 aromatic carbocycles. The van der Waals surface area contributed by atoms with Crippen LogP contribution in [0.2, 0.25) is 10.0 Å². The van der Waals surface area contributed by atoms with Gasteiger partial charge >= 0.3 is 0 Å². The Morgan fingerprint density at radius 3 is 2.19 bits per heavy atom. The highest BCUT2D eigenvalue weighted by atomic mass is 35.5. The molecule has 0 aliphatic heterocycles. The lowest BCUT2D eigenvalue weighted by molar-refractivity contribution is -0.114. The van der Waals surface area contributed by atoms with E-state index in [9.17, 15) is 14.4 Å². The number of anilines is 2. The summed E-state index contributed by atoms with van der Waals surface area (Å²) < 4.78 is 10.7. The Morgan fingerprint density at radius 2 is 1.51 bits per heavy atom. The van der Waals surface area contributed by atoms with Crippen LogP contribution in [0.4, 0.5) is 11.4 Å². The van der Waals surface area contributed by atoms with Crippen molar-refractivity contribution in [3.05, 3.63) is 118 Å². The van der Waals surface area contributed by atoms with E-state index >= 15 is 0 Å². The van der Waals surface area contributed by atoms with E-state index in [1.54, 1.807) is 98.1 Å². The van der Waals surface area contributed by atoms with Crippen LogP contribution in [-0.2, 0) is 9.59 Å². The molecule has 43 heavy (non-hydrogen) atoms. The number of ether oxygens (including phenoxy) is 2. The van der Waals surface area contributed by atoms with Crippen molar-refractivity contribution >= 4 is 70.1 Å². The second-order valence-electron chi connectivity index (χ2n) is 8.93. The molecule has 0 atom stereocenters. The van der Waals surface area contributed by atoms with E-state index in [0.29, 0.717) is 44.0 Å². The van der Waals surface area contributed by atoms with Crippen LogP contribution >= 0.6 is 35.0 Å². The lowest BCUT2D eigenvalue weighted by atomic mass is 10.1. The summed E-state index contributed by atoms with van der Waals surface area (Å²) in [6.45, 7) is 0. The fraction of sp³-hybridized carbons (Fsp3) is 0.0938. The fourth-order valence-electron chi connectivity index (χ4n) is 3.79. The van der Waals surface area contributed by atoms with Crippen molar-refractivity contribution in [3.8, 4) is 11.5 Å². The number of methoxy groups -OCH3 is 2. The number of hydrogen-bond donors (Lipinski definition) is 3. The monoisotopic (exact) mass is 635 g/mol. The summed E-state index contributed by atoms with van der Waals surface area (Å²) in [5, 5.41) is 9.06. The fourth-order valence-corrected chi connectivity index (χ4v) is 4.78. The Hall–Kier alpha value is -4.44. The minimum Gasteiger partial charge on any atom is -0.497 e. The SMILES string of the molecule is COc1ccc(/C=C(\NC(=O)c2ccccc2)C(=O)Nc2ccc(SCC(=O)Nc3ccc(Cl)c(Cl)c3)cc2)c(OC)c1. The van der Waals surface area contributed by atoms with Crippen molar-refractivity contribution in [1.29, 1.82) is 0 Å². The first-order valence-corrected chi connectivity index (χ1v) is 14.6. The van der Waals surface area contributed by atoms with E-state index in [-0.39, 0.29) is 17.4 Å². The molecule has 220 valence electrons. The molecule has 0 fully saturated rings. The Bertz CT molecular complexity index is 1650. The number of hydrogen-bond acceptors (Lipinski definition) is 6. The van der Waals surface area contributed by atoms with E-state index in [4.69, 9.17) is 32.7 Å². The van der Waals surface area contributed by atoms with Gasteiger partial charge in [0.1, 0.15) is 17.2 Å². The van der Waals surface area contributed by atoms with Crippen LogP contribution < -0.4 is 25.4 Å². The molecule has 4 rings (SSSR count). The first kappa shape index (κ1) is 31.5. The standard InChI is InChI=1S/C32H27Cl2N3O5S/c1-41-24-12-8-21(29(18-24)42-2)16-28(37-31(39)20-6-4-3-5-7-20)32(40)36-22-9-13-25(14-10-22)43-19-30(38)35-23-11-15-26(33)27(34)17-23/h3-18H,19H2,1-2H3,(H,35,38)(H,36,40)(H,37,39)/b28-16-. The molecule has 0 bridgehead atoms. The molecular formula is C32H27Cl2N3O5S. The van der Waals surface area contributed by atoms with Crippen LogP contribution in [0.3, 0.4) is 0 Å². The van der Waals surface area contributed by atoms with E-state index in [1.807, 2.05) is 0 Å². The molecule has 0 radical (unpaired) electrons. The molecule has 0 heterocycles. The van der Waals surface area contributed by atoms with Gasteiger partial charge in [-0.25, -0.2) is 0 Å². The van der Waals surface area contributed by atoms with Crippen LogP contribution in [0.15, 0.2) is 102 Å². The van der Waals surface area contributed by atoms with Gasteiger partial charge in [0, 0.05) is 33.5 Å². The van der Waals surface area contributed by atoms with Crippen LogP contribution in [0.1, 0.15) is 15.9 Å². The summed E-state index contributed by atoms with van der Waals surface area (Å²) in [6.07, 6.45) is 1.53. The molecule has 0 unspecified atom stereocenters. The van der Waals surface area contributed by atoms with Gasteiger partial charge in [-0.1, -0.05) is 41.4 Å². The number of benzene rings is 4. The van der Waals surface area contributed by atoms with Gasteiger partial charge in [0.25, 0.3) is 11.8 Å². The van der Waals surface area contributed by atoms with Crippen molar-refractivity contribution in [2.75, 3.05) is 30.6 Å². The molecule has 0 spiro atoms. The largest absolute Gasteiger partial charge is 0.497 e. The first-order valence-electron chi connectivity index (χ1n) is 12.8. The number of rotatable bonds is 11. The third-order valence-corrected chi connectivity index (χ3v) is 7.71. The molecule has 11 heteroatoms. The van der Waals surface area contributed by atoms with Gasteiger partial charge in [-0.15, -0.1) is 11.8 Å². The number of nitrogens with one attached hydrogen (secondary N) is 3. The Morgan fingerprint density at radius 1 is 0.791 bits per heavy atom. The molecular weight excluding hydrogens is 609 g/mol. The van der Waals surface area contributed by atoms with Crippen molar-refractivity contribution in [2.45, 2.75) is 4.90 Å². The van der Waals surface area contributed by atoms with Crippen molar-refractivity contribution in [1.82, 2.24) is 5.32 Å². The molecule has 0 aliphatic carbocycles. The zero-order valence-electron chi connectivity index (χ0n) is 23.2. The number of amides is 3. The van der Waals surface area contributed by atoms with Gasteiger partial charge in [-0.05, 0) is 72.8 Å². The average Bonchev–Trinajstić information content (AvgIpc) is 3.02. The summed E-state index contributed by atoms with van der Waals surface area (Å²) in [7, 11) is 3.05. The maximum Gasteiger partial charge on any atom is 0.272 e. The van der Waals surface area contributed by atoms with Gasteiger partial charge in [0.05, 0.1) is 30.0 Å². The summed E-state index contributed by atoms with van der Waals surface area (Å²) >= 11 is 13.3. The van der Waals surface area contributed by atoms with Crippen LogP contribution in [0.5, 0.6) is 11.5 Å². The number of halogens is 2. The highest BCUT2D eigenvalue weighted by molar-refractivity contribution is 8.00. The smallest absolute Gasteiger partial charge is 0.272 e. The van der Waals surface area contributed by atoms with Crippen LogP contribution in [-0.4, -0.2) is 37.7 Å². The van der Waals surface area contributed by atoms with Crippen molar-refractivity contribution in [3.63, 3.8) is 0 Å². The summed E-state index contributed by atoms with van der Waals surface area (Å²) in [4.78, 5) is 39.5. The number of thioether (sulfide) groups is 1. The van der Waals surface area contributed by atoms with Gasteiger partial charge in [0.2, 0.25) is 5.91 Å². The third-order valence-electron chi connectivity index (χ3n) is 5.95. The molecule has 4 aromatic rings. The van der Waals surface area contributed by atoms with E-state index < -0.39 is 11.8 Å². The topological polar surface area (TPSA) is 106 Å². The molecule has 0 saturated carbocycles. The Balaban J connectivity index is 1.45. The zero-order valence-corrected chi connectivity index (χ0v) is 25.5. The average molecular weight is 637 g/mol. The highest BCUT2D eigenvalue weighted by Gasteiger charge is 2.17. The Kier molecular flexibility index (Phi) is 11.1. The molecule has 8 nitrogen and oxygen atoms in total. The summed E-state index contributed by atoms with van der Waals surface area (Å²) in [5.41, 5.74) is 2.01. The highest BCUT2D eigenvalue weighted by Crippen LogP contribution is 2.28. The minimum atomic E-state index is -0.538. The lowest BCUT2D eigenvalue weighted by Gasteiger charge is -2.13. The third kappa shape index (κ3) is 9.02.